The lowest BCUT2D eigenvalue weighted by atomic mass is 9.85. The molecule has 0 radical (unpaired) electrons. The molecule has 2 aliphatic carbocycles. The first-order valence-electron chi connectivity index (χ1n) is 5.98. The van der Waals surface area contributed by atoms with E-state index in [1.54, 1.807) is 0 Å². The summed E-state index contributed by atoms with van der Waals surface area (Å²) in [7, 11) is 0. The zero-order valence-electron chi connectivity index (χ0n) is 9.52. The number of alkyl halides is 3. The Bertz CT molecular complexity index is 304. The van der Waals surface area contributed by atoms with Gasteiger partial charge in [0, 0.05) is 6.04 Å². The minimum absolute atomic E-state index is 0.103. The number of amides is 1. The molecule has 2 aliphatic rings. The van der Waals surface area contributed by atoms with Gasteiger partial charge in [0.15, 0.2) is 0 Å². The maximum Gasteiger partial charge on any atom is 0.391 e. The van der Waals surface area contributed by atoms with Gasteiger partial charge in [0.25, 0.3) is 0 Å². The number of carbonyl (C=O) groups is 1. The number of carbonyl (C=O) groups excluding carboxylic acids is 1. The zero-order valence-corrected chi connectivity index (χ0v) is 9.52. The Balaban J connectivity index is 1.78. The summed E-state index contributed by atoms with van der Waals surface area (Å²) in [4.78, 5) is 11.6. The minimum atomic E-state index is -4.10. The molecule has 6 heteroatoms. The van der Waals surface area contributed by atoms with Crippen LogP contribution >= 0.6 is 0 Å². The maximum absolute atomic E-state index is 12.4. The van der Waals surface area contributed by atoms with E-state index in [-0.39, 0.29) is 24.8 Å². The fourth-order valence-corrected chi connectivity index (χ4v) is 2.26. The summed E-state index contributed by atoms with van der Waals surface area (Å²) in [5, 5.41) is 2.76. The Morgan fingerprint density at radius 1 is 1.18 bits per heavy atom. The number of halogens is 3. The molecule has 0 unspecified atom stereocenters. The third-order valence-corrected chi connectivity index (χ3v) is 3.77. The van der Waals surface area contributed by atoms with Crippen LogP contribution in [-0.2, 0) is 4.79 Å². The van der Waals surface area contributed by atoms with Gasteiger partial charge in [-0.15, -0.1) is 0 Å². The normalized spacial score (nSPS) is 32.0. The van der Waals surface area contributed by atoms with Crippen LogP contribution in [0.25, 0.3) is 0 Å². The highest BCUT2D eigenvalue weighted by Crippen LogP contribution is 2.38. The van der Waals surface area contributed by atoms with Crippen molar-refractivity contribution in [3.63, 3.8) is 0 Å². The van der Waals surface area contributed by atoms with E-state index in [0.29, 0.717) is 25.7 Å². The molecule has 0 aromatic rings. The Hall–Kier alpha value is -0.780. The first-order chi connectivity index (χ1) is 7.81. The van der Waals surface area contributed by atoms with Crippen molar-refractivity contribution in [2.45, 2.75) is 56.3 Å². The summed E-state index contributed by atoms with van der Waals surface area (Å²) in [6.45, 7) is 0. The van der Waals surface area contributed by atoms with Gasteiger partial charge in [-0.25, -0.2) is 0 Å². The van der Waals surface area contributed by atoms with Crippen LogP contribution in [0.2, 0.25) is 0 Å². The number of nitrogens with one attached hydrogen (secondary N) is 1. The lowest BCUT2D eigenvalue weighted by Crippen LogP contribution is -2.48. The van der Waals surface area contributed by atoms with E-state index in [1.807, 2.05) is 0 Å². The largest absolute Gasteiger partial charge is 0.391 e. The zero-order chi connectivity index (χ0) is 12.7. The van der Waals surface area contributed by atoms with Crippen molar-refractivity contribution in [1.29, 1.82) is 0 Å². The van der Waals surface area contributed by atoms with E-state index >= 15 is 0 Å². The fourth-order valence-electron chi connectivity index (χ4n) is 2.26. The lowest BCUT2D eigenvalue weighted by molar-refractivity contribution is -0.182. The Morgan fingerprint density at radius 3 is 2.12 bits per heavy atom. The van der Waals surface area contributed by atoms with Crippen molar-refractivity contribution in [3.8, 4) is 0 Å². The maximum atomic E-state index is 12.4. The quantitative estimate of drug-likeness (QED) is 0.784. The van der Waals surface area contributed by atoms with E-state index in [0.717, 1.165) is 0 Å². The van der Waals surface area contributed by atoms with Gasteiger partial charge < -0.3 is 11.1 Å². The van der Waals surface area contributed by atoms with Crippen molar-refractivity contribution in [2.24, 2.45) is 11.7 Å². The Kier molecular flexibility index (Phi) is 3.10. The van der Waals surface area contributed by atoms with Crippen LogP contribution in [0.5, 0.6) is 0 Å². The first kappa shape index (κ1) is 12.7. The molecule has 0 saturated heterocycles. The highest BCUT2D eigenvalue weighted by Gasteiger charge is 2.47. The van der Waals surface area contributed by atoms with Crippen molar-refractivity contribution >= 4 is 5.91 Å². The van der Waals surface area contributed by atoms with Crippen LogP contribution in [0, 0.1) is 5.92 Å². The predicted molar refractivity (Wildman–Crippen MR) is 56.1 cm³/mol. The summed E-state index contributed by atoms with van der Waals surface area (Å²) in [6, 6.07) is -0.137. The molecule has 0 heterocycles. The topological polar surface area (TPSA) is 55.1 Å². The average Bonchev–Trinajstić information content (AvgIpc) is 2.97. The molecule has 2 saturated carbocycles. The fraction of sp³-hybridized carbons (Fsp3) is 0.909. The lowest BCUT2D eigenvalue weighted by Gasteiger charge is -2.30. The Labute approximate surface area is 97.9 Å². The van der Waals surface area contributed by atoms with E-state index in [1.165, 1.54) is 0 Å². The summed E-state index contributed by atoms with van der Waals surface area (Å²) in [5.74, 6) is -1.41. The third-order valence-electron chi connectivity index (χ3n) is 3.77. The minimum Gasteiger partial charge on any atom is -0.352 e. The number of hydrogen-bond donors (Lipinski definition) is 2. The van der Waals surface area contributed by atoms with Crippen LogP contribution in [0.4, 0.5) is 13.2 Å². The molecule has 0 aliphatic heterocycles. The third kappa shape index (κ3) is 2.91. The standard InChI is InChI=1S/C11H17F3N2O/c12-11(13,14)7-1-3-8(4-2-7)16-9(17)10(15)5-6-10/h7-8H,1-6,15H2,(H,16,17). The molecular weight excluding hydrogens is 233 g/mol. The second-order valence-electron chi connectivity index (χ2n) is 5.22. The van der Waals surface area contributed by atoms with Gasteiger partial charge in [0.05, 0.1) is 11.5 Å². The molecule has 1 amide bonds. The van der Waals surface area contributed by atoms with Crippen LogP contribution < -0.4 is 11.1 Å². The molecule has 2 fully saturated rings. The molecule has 98 valence electrons. The van der Waals surface area contributed by atoms with E-state index in [9.17, 15) is 18.0 Å². The van der Waals surface area contributed by atoms with E-state index in [2.05, 4.69) is 5.32 Å². The van der Waals surface area contributed by atoms with Crippen LogP contribution in [0.1, 0.15) is 38.5 Å². The van der Waals surface area contributed by atoms with Crippen molar-refractivity contribution in [2.75, 3.05) is 0 Å². The van der Waals surface area contributed by atoms with Crippen molar-refractivity contribution in [1.82, 2.24) is 5.32 Å². The molecule has 0 atom stereocenters. The SMILES string of the molecule is NC1(C(=O)NC2CCC(C(F)(F)F)CC2)CC1. The summed E-state index contributed by atoms with van der Waals surface area (Å²) >= 11 is 0. The molecule has 17 heavy (non-hydrogen) atoms. The summed E-state index contributed by atoms with van der Waals surface area (Å²) in [6.07, 6.45) is -1.75. The van der Waals surface area contributed by atoms with E-state index in [4.69, 9.17) is 5.73 Å². The van der Waals surface area contributed by atoms with Gasteiger partial charge in [-0.3, -0.25) is 4.79 Å². The molecule has 0 aromatic carbocycles. The second-order valence-corrected chi connectivity index (χ2v) is 5.22. The molecule has 0 bridgehead atoms. The van der Waals surface area contributed by atoms with Gasteiger partial charge in [0.1, 0.15) is 0 Å². The van der Waals surface area contributed by atoms with Crippen LogP contribution in [0.15, 0.2) is 0 Å². The second kappa shape index (κ2) is 4.15. The van der Waals surface area contributed by atoms with Gasteiger partial charge in [0.2, 0.25) is 5.91 Å². The number of hydrogen-bond acceptors (Lipinski definition) is 2. The smallest absolute Gasteiger partial charge is 0.352 e. The van der Waals surface area contributed by atoms with Gasteiger partial charge in [-0.1, -0.05) is 0 Å². The Morgan fingerprint density at radius 2 is 1.71 bits per heavy atom. The highest BCUT2D eigenvalue weighted by atomic mass is 19.4. The van der Waals surface area contributed by atoms with Crippen LogP contribution in [0.3, 0.4) is 0 Å². The molecule has 0 spiro atoms. The van der Waals surface area contributed by atoms with Crippen molar-refractivity contribution in [3.05, 3.63) is 0 Å². The van der Waals surface area contributed by atoms with Gasteiger partial charge >= 0.3 is 6.18 Å². The molecular formula is C11H17F3N2O. The van der Waals surface area contributed by atoms with Gasteiger partial charge in [-0.2, -0.15) is 13.2 Å². The summed E-state index contributed by atoms with van der Waals surface area (Å²) in [5.41, 5.74) is 4.98. The molecule has 2 rings (SSSR count). The highest BCUT2D eigenvalue weighted by molar-refractivity contribution is 5.89. The van der Waals surface area contributed by atoms with Crippen LogP contribution in [-0.4, -0.2) is 23.7 Å². The van der Waals surface area contributed by atoms with E-state index < -0.39 is 17.6 Å². The number of nitrogens with two attached hydrogens (primary N) is 1. The molecule has 0 aromatic heterocycles. The molecule has 3 nitrogen and oxygen atoms in total. The first-order valence-corrected chi connectivity index (χ1v) is 5.98. The monoisotopic (exact) mass is 250 g/mol. The predicted octanol–water partition coefficient (Wildman–Crippen LogP) is 1.71. The number of rotatable bonds is 2. The van der Waals surface area contributed by atoms with Crippen molar-refractivity contribution < 1.29 is 18.0 Å². The molecule has 3 N–H and O–H groups in total. The van der Waals surface area contributed by atoms with Gasteiger partial charge in [-0.05, 0) is 38.5 Å². The summed E-state index contributed by atoms with van der Waals surface area (Å²) < 4.78 is 37.3. The average molecular weight is 250 g/mol.